The number of phenols is 1. The van der Waals surface area contributed by atoms with Gasteiger partial charge in [0, 0.05) is 40.9 Å². The first-order valence-electron chi connectivity index (χ1n) is 18.4. The van der Waals surface area contributed by atoms with E-state index in [1.165, 1.54) is 31.3 Å². The molecule has 16 heteroatoms. The van der Waals surface area contributed by atoms with E-state index < -0.39 is 63.6 Å². The van der Waals surface area contributed by atoms with E-state index in [1.54, 1.807) is 24.3 Å². The number of ether oxygens (including phenoxy) is 2. The molecule has 3 heterocycles. The van der Waals surface area contributed by atoms with Crippen LogP contribution in [0.15, 0.2) is 60.3 Å². The van der Waals surface area contributed by atoms with Crippen LogP contribution in [0.4, 0.5) is 19.0 Å². The van der Waals surface area contributed by atoms with Crippen LogP contribution in [0.25, 0.3) is 0 Å². The number of hydrogen-bond acceptors (Lipinski definition) is 9. The second-order valence-corrected chi connectivity index (χ2v) is 15.9. The highest BCUT2D eigenvalue weighted by Gasteiger charge is 2.71. The van der Waals surface area contributed by atoms with Crippen molar-refractivity contribution in [3.63, 3.8) is 0 Å². The molecule has 56 heavy (non-hydrogen) atoms. The van der Waals surface area contributed by atoms with Gasteiger partial charge >= 0.3 is 6.18 Å². The molecular weight excluding hydrogens is 776 g/mol. The Kier molecular flexibility index (Phi) is 9.50. The van der Waals surface area contributed by atoms with Crippen LogP contribution < -0.4 is 14.9 Å². The standard InChI is InChI=1S/C40H37Cl2F3N4O7/c1-55-23-15-29(50)32(30(16-23)56-2)33-24-12-13-25-31(37(53)48(35(25)51)22-6-4-3-5-7-22)26(24)17-27-36(52)49(38(54)39(27,33)19-8-10-21(41)11-9-19)47-34-28(42)14-20(18-46-34)40(43,44)45/h8-12,14-16,18,22,25-27,31,33,50H,3-7,13,17H2,1-2H3,(H,46,47). The smallest absolute Gasteiger partial charge is 0.417 e. The van der Waals surface area contributed by atoms with Crippen molar-refractivity contribution in [3.05, 3.63) is 87.0 Å². The molecule has 2 N–H and O–H groups in total. The number of anilines is 1. The Hall–Kier alpha value is -4.82. The highest BCUT2D eigenvalue weighted by molar-refractivity contribution is 6.33. The lowest BCUT2D eigenvalue weighted by molar-refractivity contribution is -0.144. The topological polar surface area (TPSA) is 138 Å². The maximum Gasteiger partial charge on any atom is 0.417 e. The SMILES string of the molecule is COc1cc(O)c(C2C3=CCC4C(=O)N(C5CCCCC5)C(=O)C4C3CC3C(=O)N(Nc4ncc(C(F)(F)F)cc4Cl)C(=O)C32c2ccc(Cl)cc2)c(OC)c1. The van der Waals surface area contributed by atoms with Crippen LogP contribution in [0, 0.1) is 23.7 Å². The van der Waals surface area contributed by atoms with Gasteiger partial charge in [-0.3, -0.25) is 29.5 Å². The predicted octanol–water partition coefficient (Wildman–Crippen LogP) is 7.45. The maximum absolute atomic E-state index is 15.4. The summed E-state index contributed by atoms with van der Waals surface area (Å²) in [6.07, 6.45) is 1.96. The molecule has 1 aromatic heterocycles. The summed E-state index contributed by atoms with van der Waals surface area (Å²) < 4.78 is 51.8. The molecule has 2 aliphatic heterocycles. The van der Waals surface area contributed by atoms with Crippen molar-refractivity contribution in [3.8, 4) is 17.2 Å². The molecule has 6 atom stereocenters. The predicted molar refractivity (Wildman–Crippen MR) is 197 cm³/mol. The van der Waals surface area contributed by atoms with Crippen LogP contribution in [0.5, 0.6) is 17.2 Å². The zero-order valence-electron chi connectivity index (χ0n) is 30.2. The number of methoxy groups -OCH3 is 2. The van der Waals surface area contributed by atoms with Crippen LogP contribution in [0.3, 0.4) is 0 Å². The number of carbonyl (C=O) groups is 4. The molecule has 2 aromatic carbocycles. The number of hydrazine groups is 1. The van der Waals surface area contributed by atoms with Gasteiger partial charge in [0.25, 0.3) is 11.8 Å². The number of aromatic nitrogens is 1. The average molecular weight is 814 g/mol. The van der Waals surface area contributed by atoms with Crippen LogP contribution in [-0.4, -0.2) is 63.9 Å². The number of rotatable bonds is 7. The fraction of sp³-hybridized carbons (Fsp3) is 0.425. The van der Waals surface area contributed by atoms with Gasteiger partial charge in [-0.15, -0.1) is 0 Å². The Balaban J connectivity index is 1.34. The molecule has 3 aliphatic carbocycles. The summed E-state index contributed by atoms with van der Waals surface area (Å²) in [5.74, 6) is -7.21. The van der Waals surface area contributed by atoms with Gasteiger partial charge in [-0.05, 0) is 55.4 Å². The number of nitrogens with one attached hydrogen (secondary N) is 1. The molecule has 0 radical (unpaired) electrons. The minimum atomic E-state index is -4.76. The molecule has 4 amide bonds. The van der Waals surface area contributed by atoms with Crippen LogP contribution in [-0.2, 0) is 30.8 Å². The molecule has 4 fully saturated rings. The second-order valence-electron chi connectivity index (χ2n) is 15.0. The summed E-state index contributed by atoms with van der Waals surface area (Å²) in [5, 5.41) is 12.4. The summed E-state index contributed by atoms with van der Waals surface area (Å²) >= 11 is 12.6. The van der Waals surface area contributed by atoms with Crippen LogP contribution in [0.2, 0.25) is 10.0 Å². The van der Waals surface area contributed by atoms with E-state index in [-0.39, 0.29) is 59.3 Å². The Morgan fingerprint density at radius 1 is 0.929 bits per heavy atom. The van der Waals surface area contributed by atoms with Crippen molar-refractivity contribution in [2.75, 3.05) is 19.6 Å². The minimum absolute atomic E-state index is 0.0557. The number of fused-ring (bicyclic) bond motifs is 4. The van der Waals surface area contributed by atoms with Gasteiger partial charge in [-0.1, -0.05) is 66.2 Å². The minimum Gasteiger partial charge on any atom is -0.507 e. The lowest BCUT2D eigenvalue weighted by Crippen LogP contribution is -2.53. The molecule has 5 aliphatic rings. The zero-order chi connectivity index (χ0) is 39.8. The summed E-state index contributed by atoms with van der Waals surface area (Å²) in [7, 11) is 2.79. The summed E-state index contributed by atoms with van der Waals surface area (Å²) in [6, 6.07) is 9.63. The van der Waals surface area contributed by atoms with Crippen LogP contribution >= 0.6 is 23.2 Å². The lowest BCUT2D eigenvalue weighted by atomic mass is 9.49. The summed E-state index contributed by atoms with van der Waals surface area (Å²) in [4.78, 5) is 64.3. The molecule has 0 spiro atoms. The van der Waals surface area contributed by atoms with Gasteiger partial charge < -0.3 is 14.6 Å². The molecule has 3 aromatic rings. The fourth-order valence-electron chi connectivity index (χ4n) is 9.98. The molecule has 294 valence electrons. The number of pyridine rings is 1. The fourth-order valence-corrected chi connectivity index (χ4v) is 10.3. The van der Waals surface area contributed by atoms with Crippen molar-refractivity contribution in [1.82, 2.24) is 14.9 Å². The number of allylic oxidation sites excluding steroid dienone is 2. The lowest BCUT2D eigenvalue weighted by Gasteiger charge is -2.50. The maximum atomic E-state index is 15.4. The van der Waals surface area contributed by atoms with Gasteiger partial charge in [0.05, 0.1) is 48.0 Å². The quantitative estimate of drug-likeness (QED) is 0.184. The number of amides is 4. The third-order valence-electron chi connectivity index (χ3n) is 12.4. The molecule has 2 saturated carbocycles. The third-order valence-corrected chi connectivity index (χ3v) is 12.9. The molecule has 8 rings (SSSR count). The number of imide groups is 2. The number of halogens is 5. The first-order chi connectivity index (χ1) is 26.7. The number of phenolic OH excluding ortho intramolecular Hbond substituents is 1. The second kappa shape index (κ2) is 14.0. The monoisotopic (exact) mass is 812 g/mol. The van der Waals surface area contributed by atoms with E-state index in [0.717, 1.165) is 19.3 Å². The molecule has 6 unspecified atom stereocenters. The normalized spacial score (nSPS) is 27.8. The average Bonchev–Trinajstić information content (AvgIpc) is 3.56. The van der Waals surface area contributed by atoms with E-state index in [4.69, 9.17) is 32.7 Å². The molecule has 2 saturated heterocycles. The van der Waals surface area contributed by atoms with Crippen molar-refractivity contribution < 1.29 is 46.9 Å². The number of benzene rings is 2. The van der Waals surface area contributed by atoms with Gasteiger partial charge in [0.1, 0.15) is 17.2 Å². The van der Waals surface area contributed by atoms with Gasteiger partial charge in [-0.2, -0.15) is 18.2 Å². The number of alkyl halides is 3. The Labute approximate surface area is 329 Å². The van der Waals surface area contributed by atoms with Gasteiger partial charge in [-0.25, -0.2) is 4.98 Å². The molecule has 0 bridgehead atoms. The third kappa shape index (κ3) is 5.73. The van der Waals surface area contributed by atoms with Crippen molar-refractivity contribution >= 4 is 52.6 Å². The van der Waals surface area contributed by atoms with Crippen molar-refractivity contribution in [2.45, 2.75) is 68.5 Å². The number of likely N-dealkylation sites (tertiary alicyclic amines) is 1. The highest BCUT2D eigenvalue weighted by atomic mass is 35.5. The number of aromatic hydroxyl groups is 1. The first kappa shape index (κ1) is 38.1. The van der Waals surface area contributed by atoms with Crippen molar-refractivity contribution in [2.24, 2.45) is 23.7 Å². The first-order valence-corrected chi connectivity index (χ1v) is 19.1. The summed E-state index contributed by atoms with van der Waals surface area (Å²) in [5.41, 5.74) is 0.650. The van der Waals surface area contributed by atoms with E-state index >= 15 is 4.79 Å². The number of hydrogen-bond donors (Lipinski definition) is 2. The highest BCUT2D eigenvalue weighted by Crippen LogP contribution is 2.66. The number of carbonyl (C=O) groups excluding carboxylic acids is 4. The van der Waals surface area contributed by atoms with E-state index in [0.29, 0.717) is 46.3 Å². The van der Waals surface area contributed by atoms with Gasteiger partial charge in [0.2, 0.25) is 11.8 Å². The number of nitrogens with zero attached hydrogens (tertiary/aromatic N) is 3. The molecule has 11 nitrogen and oxygen atoms in total. The van der Waals surface area contributed by atoms with Crippen LogP contribution in [0.1, 0.15) is 67.6 Å². The largest absolute Gasteiger partial charge is 0.507 e. The van der Waals surface area contributed by atoms with Crippen molar-refractivity contribution in [1.29, 1.82) is 0 Å². The van der Waals surface area contributed by atoms with E-state index in [9.17, 15) is 32.7 Å². The Bertz CT molecular complexity index is 2180. The van der Waals surface area contributed by atoms with Gasteiger partial charge in [0.15, 0.2) is 5.82 Å². The Morgan fingerprint density at radius 3 is 2.29 bits per heavy atom. The summed E-state index contributed by atoms with van der Waals surface area (Å²) in [6.45, 7) is 0. The van der Waals surface area contributed by atoms with E-state index in [1.807, 2.05) is 6.08 Å². The molecular formula is C40H37Cl2F3N4O7. The zero-order valence-corrected chi connectivity index (χ0v) is 31.8. The van der Waals surface area contributed by atoms with E-state index in [2.05, 4.69) is 10.4 Å². The Morgan fingerprint density at radius 2 is 1.64 bits per heavy atom.